The number of aliphatic carboxylic acids is 2. The molecule has 0 unspecified atom stereocenters. The molecular weight excluding hydrogens is 1800 g/mol. The van der Waals surface area contributed by atoms with Gasteiger partial charge in [0.05, 0.1) is 35.5 Å². The zero-order valence-corrected chi connectivity index (χ0v) is 80.1. The second-order valence-corrected chi connectivity index (χ2v) is 39.6. The molecule has 0 aliphatic carbocycles. The summed E-state index contributed by atoms with van der Waals surface area (Å²) in [4.78, 5) is 242. The van der Waals surface area contributed by atoms with Gasteiger partial charge in [-0.2, -0.15) is 23.5 Å². The first-order chi connectivity index (χ1) is 60.6. The van der Waals surface area contributed by atoms with Crippen molar-refractivity contribution in [2.75, 3.05) is 79.8 Å². The standard InChI is InChI=1S/C60H102N16O16S5.C20H28N4O7S/c1-32(2)25-39-52(84)71-41(28-93-11)53(85)72-44-31-97-96-29-42(67-48(79)16-15-47(78)62-21-18-37(19-22-63-59(7,8)35(5)74-91)20-23-64-60(9,10)36(6)75-92)54(86)73-43(55(87)68-38(51(83)69-39)14-17-49(80)81)30-95-94-27-33(3)65-50(82)34(4)66-57(89)45-13-12-24-76(45)58(90)40(26-46(61)77)70-56(44)88;1-11(22-12(2)25)18(28)21-9-17(27)23-16(10-32-3)19(29)24-15(20(30)31)8-13-4-6-14(26)7-5-13/h32-34,37-45,63-64,91-92H,12-31H2,1-11H3,(H2,61,77)(H,62,78)(H,65,82)(H,66,89)(H,67,79)(H,68,87)(H,69,83)(H,70,88)(H,71,84)(H,72,85)(H,73,86)(H,80,81);4-7,11,15-16,26H,8-10H2,1-3H3,(H,21,28)(H,22,25)(H,23,27)(H,24,29)(H,30,31)/b74-35-,75-36-;/t33-,34+,38+,39+,40+,41+,42+,43+,44+,45+;11-,15-,16-/m10/s1. The van der Waals surface area contributed by atoms with Crippen LogP contribution in [-0.2, 0) is 92.7 Å². The van der Waals surface area contributed by atoms with Gasteiger partial charge < -0.3 is 121 Å². The first-order valence-electron chi connectivity index (χ1n) is 42.0. The van der Waals surface area contributed by atoms with Crippen molar-refractivity contribution < 1.29 is 112 Å². The number of hydrogen-bond donors (Lipinski definition) is 22. The molecule has 4 rings (SSSR count). The van der Waals surface area contributed by atoms with Crippen molar-refractivity contribution in [2.45, 2.75) is 250 Å². The highest BCUT2D eigenvalue weighted by Crippen LogP contribution is 2.27. The molecule has 13 atom stereocenters. The zero-order chi connectivity index (χ0) is 97.0. The van der Waals surface area contributed by atoms with Gasteiger partial charge in [-0.05, 0) is 162 Å². The molecule has 23 N–H and O–H groups in total. The first kappa shape index (κ1) is 114. The van der Waals surface area contributed by atoms with E-state index in [2.05, 4.69) is 95.4 Å². The van der Waals surface area contributed by atoms with Gasteiger partial charge in [-0.1, -0.05) is 79.5 Å². The number of rotatable bonds is 38. The van der Waals surface area contributed by atoms with E-state index in [0.717, 1.165) is 44.1 Å². The fourth-order valence-electron chi connectivity index (χ4n) is 12.7. The van der Waals surface area contributed by atoms with Crippen LogP contribution < -0.4 is 90.8 Å². The van der Waals surface area contributed by atoms with Crippen LogP contribution in [0.15, 0.2) is 34.6 Å². The summed E-state index contributed by atoms with van der Waals surface area (Å²) in [7, 11) is 4.09. The van der Waals surface area contributed by atoms with Gasteiger partial charge in [0, 0.05) is 86.3 Å². The van der Waals surface area contributed by atoms with E-state index in [4.69, 9.17) is 5.73 Å². The van der Waals surface area contributed by atoms with Gasteiger partial charge >= 0.3 is 11.9 Å². The van der Waals surface area contributed by atoms with Gasteiger partial charge in [-0.25, -0.2) is 4.79 Å². The maximum Gasteiger partial charge on any atom is 0.326 e. The Kier molecular flexibility index (Phi) is 51.3. The Bertz CT molecular complexity index is 4030. The number of primary amides is 1. The van der Waals surface area contributed by atoms with Gasteiger partial charge in [-0.3, -0.25) is 81.5 Å². The fraction of sp³-hybridized carbons (Fsp3) is 0.675. The van der Waals surface area contributed by atoms with Crippen molar-refractivity contribution in [1.29, 1.82) is 0 Å². The highest BCUT2D eigenvalue weighted by atomic mass is 33.1. The van der Waals surface area contributed by atoms with Gasteiger partial charge in [0.25, 0.3) is 0 Å². The summed E-state index contributed by atoms with van der Waals surface area (Å²) >= 11 is 2.41. The molecule has 1 aromatic rings. The molecule has 3 heterocycles. The van der Waals surface area contributed by atoms with Crippen LogP contribution in [0.4, 0.5) is 0 Å². The predicted octanol–water partition coefficient (Wildman–Crippen LogP) is -1.57. The lowest BCUT2D eigenvalue weighted by Gasteiger charge is -2.30. The number of carboxylic acids is 2. The Morgan fingerprint density at radius 1 is 0.581 bits per heavy atom. The van der Waals surface area contributed by atoms with E-state index < -0.39 is 228 Å². The third-order valence-corrected chi connectivity index (χ3v) is 27.0. The summed E-state index contributed by atoms with van der Waals surface area (Å²) in [5.74, 6) is -15.8. The molecule has 0 saturated carbocycles. The molecule has 724 valence electrons. The maximum absolute atomic E-state index is 14.8. The molecule has 2 bridgehead atoms. The van der Waals surface area contributed by atoms with E-state index in [1.807, 2.05) is 27.7 Å². The summed E-state index contributed by atoms with van der Waals surface area (Å²) < 4.78 is 0. The Labute approximate surface area is 774 Å². The molecule has 0 aromatic heterocycles. The monoisotopic (exact) mass is 1930 g/mol. The summed E-state index contributed by atoms with van der Waals surface area (Å²) in [5, 5.41) is 97.1. The minimum Gasteiger partial charge on any atom is -0.508 e. The maximum atomic E-state index is 14.8. The minimum atomic E-state index is -1.69. The fourth-order valence-corrected chi connectivity index (χ4v) is 18.6. The van der Waals surface area contributed by atoms with Crippen molar-refractivity contribution in [3.8, 4) is 5.75 Å². The molecule has 43 nitrogen and oxygen atoms in total. The lowest BCUT2D eigenvalue weighted by atomic mass is 9.94. The molecule has 16 amide bonds. The SMILES string of the molecule is CSC[C@@H]1NC(=O)[C@H](CC(C)C)NC(=O)[C@H](CCC(=O)O)NC(=O)[C@@H]2CSSC[C@@H](C)NC(=O)[C@H](C)NC(=O)[C@@H]3CCCN3C(=O)[C@H](CC(N)=O)NC(=O)[C@H](CSSC[C@H](NC(=O)CCC(=O)NCCC(CCNC(C)(C)/C(C)=N\O)CCNC(C)(C)/C(C)=N\O)C(=O)N2)NC1=O.CSC[C@H](NC(=O)CNC(=O)[C@H](C)NC(C)=O)C(=O)N[C@@H](Cc1ccc(O)cc1)C(=O)O. The lowest BCUT2D eigenvalue weighted by molar-refractivity contribution is -0.143. The van der Waals surface area contributed by atoms with E-state index in [1.54, 1.807) is 59.3 Å². The van der Waals surface area contributed by atoms with Crippen LogP contribution in [0, 0.1) is 11.8 Å². The topological polar surface area (TPSA) is 655 Å². The molecule has 49 heteroatoms. The summed E-state index contributed by atoms with van der Waals surface area (Å²) in [5.41, 5.74) is 5.98. The van der Waals surface area contributed by atoms with E-state index in [1.165, 1.54) is 60.4 Å². The van der Waals surface area contributed by atoms with Crippen LogP contribution in [0.1, 0.15) is 159 Å². The minimum absolute atomic E-state index is 0.0155. The Morgan fingerprint density at radius 3 is 1.67 bits per heavy atom. The average molecular weight is 1930 g/mol. The number of oxime groups is 2. The predicted molar refractivity (Wildman–Crippen MR) is 493 cm³/mol. The number of phenols is 1. The number of amides is 16. The second-order valence-electron chi connectivity index (χ2n) is 32.7. The third-order valence-electron chi connectivity index (χ3n) is 20.7. The molecule has 0 spiro atoms. The number of nitrogens with zero attached hydrogens (tertiary/aromatic N) is 3. The van der Waals surface area contributed by atoms with Crippen molar-refractivity contribution in [1.82, 2.24) is 90.0 Å². The molecule has 0 radical (unpaired) electrons. The van der Waals surface area contributed by atoms with Gasteiger partial charge in [-0.15, -0.1) is 0 Å². The second kappa shape index (κ2) is 58.3. The van der Waals surface area contributed by atoms with E-state index in [9.17, 15) is 112 Å². The number of nitrogens with two attached hydrogens (primary N) is 1. The number of thioether (sulfide) groups is 2. The molecular formula is C80H130N20O23S6. The first-order valence-corrected chi connectivity index (χ1v) is 49.7. The number of hydrogen-bond acceptors (Lipinski definition) is 31. The number of carboxylic acid groups (broad SMARTS) is 2. The highest BCUT2D eigenvalue weighted by molar-refractivity contribution is 8.77. The normalized spacial score (nSPS) is 22.1. The number of fused-ring (bicyclic) bond motifs is 9. The number of phenolic OH excluding ortho intramolecular Hbond substituents is 1. The van der Waals surface area contributed by atoms with E-state index in [-0.39, 0.29) is 90.9 Å². The number of aromatic hydroxyl groups is 1. The smallest absolute Gasteiger partial charge is 0.326 e. The van der Waals surface area contributed by atoms with Crippen LogP contribution in [0.3, 0.4) is 0 Å². The number of carbonyl (C=O) groups is 18. The molecule has 3 aliphatic rings. The summed E-state index contributed by atoms with van der Waals surface area (Å²) in [6.07, 6.45) is 3.00. The average Bonchev–Trinajstić information content (AvgIpc) is 1.73. The quantitative estimate of drug-likeness (QED) is 0.0154. The third kappa shape index (κ3) is 42.9. The Balaban J connectivity index is 0.00000112. The highest BCUT2D eigenvalue weighted by Gasteiger charge is 2.42. The number of benzene rings is 1. The van der Waals surface area contributed by atoms with Crippen molar-refractivity contribution in [2.24, 2.45) is 27.9 Å². The van der Waals surface area contributed by atoms with Crippen LogP contribution >= 0.6 is 66.7 Å². The van der Waals surface area contributed by atoms with E-state index >= 15 is 0 Å². The number of carbonyl (C=O) groups excluding carboxylic acids is 16. The zero-order valence-electron chi connectivity index (χ0n) is 75.2. The van der Waals surface area contributed by atoms with Crippen LogP contribution in [0.2, 0.25) is 0 Å². The molecule has 3 saturated heterocycles. The van der Waals surface area contributed by atoms with Crippen molar-refractivity contribution >= 4 is 185 Å². The van der Waals surface area contributed by atoms with Gasteiger partial charge in [0.1, 0.15) is 78.3 Å². The Morgan fingerprint density at radius 2 is 1.12 bits per heavy atom. The van der Waals surface area contributed by atoms with Gasteiger partial charge in [0.2, 0.25) is 94.5 Å². The molecule has 3 aliphatic heterocycles. The van der Waals surface area contributed by atoms with Crippen molar-refractivity contribution in [3.63, 3.8) is 0 Å². The van der Waals surface area contributed by atoms with Crippen LogP contribution in [-0.4, -0.2) is 318 Å². The lowest BCUT2D eigenvalue weighted by Crippen LogP contribution is -2.61. The largest absolute Gasteiger partial charge is 0.508 e. The van der Waals surface area contributed by atoms with Crippen LogP contribution in [0.5, 0.6) is 5.75 Å². The van der Waals surface area contributed by atoms with Gasteiger partial charge in [0.15, 0.2) is 0 Å². The number of nitrogens with one attached hydrogen (secondary N) is 16. The molecule has 129 heavy (non-hydrogen) atoms. The van der Waals surface area contributed by atoms with Crippen molar-refractivity contribution in [3.05, 3.63) is 29.8 Å². The summed E-state index contributed by atoms with van der Waals surface area (Å²) in [6.45, 7) is 21.1. The Hall–Kier alpha value is -9.56. The molecule has 3 fully saturated rings. The summed E-state index contributed by atoms with van der Waals surface area (Å²) in [6, 6.07) is -10.8. The van der Waals surface area contributed by atoms with E-state index in [0.29, 0.717) is 55.8 Å². The molecule has 1 aromatic carbocycles. The van der Waals surface area contributed by atoms with Crippen LogP contribution in [0.25, 0.3) is 0 Å².